The van der Waals surface area contributed by atoms with Crippen molar-refractivity contribution in [2.75, 3.05) is 0 Å². The van der Waals surface area contributed by atoms with Gasteiger partial charge in [0.2, 0.25) is 0 Å². The second-order valence-electron chi connectivity index (χ2n) is 7.98. The van der Waals surface area contributed by atoms with Crippen molar-refractivity contribution in [2.45, 2.75) is 52.6 Å². The molecule has 1 radical (unpaired) electrons. The van der Waals surface area contributed by atoms with Gasteiger partial charge >= 0.3 is 0 Å². The average molecular weight is 418 g/mol. The van der Waals surface area contributed by atoms with Crippen molar-refractivity contribution in [3.8, 4) is 11.5 Å². The molecule has 2 aromatic carbocycles. The molecule has 0 fully saturated rings. The Bertz CT molecular complexity index is 692. The van der Waals surface area contributed by atoms with Crippen molar-refractivity contribution in [3.63, 3.8) is 0 Å². The first kappa shape index (κ1) is 24.9. The predicted molar refractivity (Wildman–Crippen MR) is 111 cm³/mol. The summed E-state index contributed by atoms with van der Waals surface area (Å²) in [5.74, 6) is 0.547. The number of nitrogens with zero attached hydrogens (tertiary/aromatic N) is 2. The fourth-order valence-electron chi connectivity index (χ4n) is 1.72. The molecule has 4 nitrogen and oxygen atoms in total. The van der Waals surface area contributed by atoms with Crippen molar-refractivity contribution in [2.24, 2.45) is 9.98 Å². The minimum Gasteiger partial charge on any atom is -0.507 e. The molecule has 0 saturated carbocycles. The zero-order valence-corrected chi connectivity index (χ0v) is 17.8. The van der Waals surface area contributed by atoms with E-state index in [1.165, 1.54) is 0 Å². The van der Waals surface area contributed by atoms with E-state index in [2.05, 4.69) is 9.98 Å². The van der Waals surface area contributed by atoms with Crippen LogP contribution in [-0.4, -0.2) is 33.7 Å². The van der Waals surface area contributed by atoms with Gasteiger partial charge in [0.15, 0.2) is 0 Å². The fraction of sp³-hybridized carbons (Fsp3) is 0.364. The maximum atomic E-state index is 9.42. The third kappa shape index (κ3) is 11.3. The van der Waals surface area contributed by atoms with E-state index in [0.29, 0.717) is 0 Å². The Balaban J connectivity index is 0.000000483. The number of hydrogen-bond acceptors (Lipinski definition) is 4. The number of hydrogen-bond donors (Lipinski definition) is 2. The van der Waals surface area contributed by atoms with E-state index in [9.17, 15) is 10.2 Å². The van der Waals surface area contributed by atoms with E-state index < -0.39 is 0 Å². The van der Waals surface area contributed by atoms with Crippen molar-refractivity contribution >= 4 is 12.4 Å². The van der Waals surface area contributed by atoms with Gasteiger partial charge in [0.1, 0.15) is 11.5 Å². The van der Waals surface area contributed by atoms with Crippen LogP contribution in [0.4, 0.5) is 0 Å². The van der Waals surface area contributed by atoms with Gasteiger partial charge in [-0.15, -0.1) is 0 Å². The Morgan fingerprint density at radius 2 is 0.926 bits per heavy atom. The first-order chi connectivity index (χ1) is 12.0. The fourth-order valence-corrected chi connectivity index (χ4v) is 1.72. The first-order valence-corrected chi connectivity index (χ1v) is 8.64. The van der Waals surface area contributed by atoms with Crippen molar-refractivity contribution in [1.29, 1.82) is 0 Å². The molecular weight excluding hydrogens is 388 g/mol. The predicted octanol–water partition coefficient (Wildman–Crippen LogP) is 5.22. The minimum absolute atomic E-state index is 0. The zero-order valence-electron chi connectivity index (χ0n) is 16.9. The van der Waals surface area contributed by atoms with Crippen LogP contribution >= 0.6 is 0 Å². The maximum absolute atomic E-state index is 9.42. The molecule has 5 heteroatoms. The Hall–Kier alpha value is -2.10. The molecular formula is C22H30CuN2O2. The van der Waals surface area contributed by atoms with Gasteiger partial charge in [-0.3, -0.25) is 9.98 Å². The van der Waals surface area contributed by atoms with E-state index in [1.807, 2.05) is 65.8 Å². The number of phenolic OH excluding ortho intramolecular Hbond substituents is 2. The van der Waals surface area contributed by atoms with Gasteiger partial charge in [0.05, 0.1) is 11.1 Å². The molecule has 0 spiro atoms. The van der Waals surface area contributed by atoms with E-state index in [0.717, 1.165) is 11.1 Å². The molecule has 0 saturated heterocycles. The van der Waals surface area contributed by atoms with Crippen molar-refractivity contribution < 1.29 is 27.3 Å². The summed E-state index contributed by atoms with van der Waals surface area (Å²) in [7, 11) is 0. The van der Waals surface area contributed by atoms with Gasteiger partial charge in [-0.05, 0) is 65.8 Å². The normalized spacial score (nSPS) is 11.8. The molecule has 0 bridgehead atoms. The monoisotopic (exact) mass is 417 g/mol. The molecule has 0 aliphatic carbocycles. The SMILES string of the molecule is CC(C)(C)N=Cc1ccccc1O.CC(C)(C)N=Cc1ccccc1O.[Cu]. The van der Waals surface area contributed by atoms with Crippen LogP contribution < -0.4 is 0 Å². The Morgan fingerprint density at radius 3 is 1.19 bits per heavy atom. The van der Waals surface area contributed by atoms with Gasteiger partial charge in [-0.25, -0.2) is 0 Å². The summed E-state index contributed by atoms with van der Waals surface area (Å²) in [4.78, 5) is 8.61. The summed E-state index contributed by atoms with van der Waals surface area (Å²) in [6, 6.07) is 14.3. The van der Waals surface area contributed by atoms with Gasteiger partial charge in [0, 0.05) is 40.6 Å². The standard InChI is InChI=1S/2C11H15NO.Cu/c2*1-11(2,3)12-8-9-6-4-5-7-10(9)13;/h2*4-8,13H,1-3H3;. The Morgan fingerprint density at radius 1 is 0.630 bits per heavy atom. The summed E-state index contributed by atoms with van der Waals surface area (Å²) >= 11 is 0. The molecule has 0 aliphatic heterocycles. The minimum atomic E-state index is -0.0950. The van der Waals surface area contributed by atoms with E-state index in [-0.39, 0.29) is 39.6 Å². The summed E-state index contributed by atoms with van der Waals surface area (Å²) in [5, 5.41) is 18.8. The molecule has 0 aliphatic rings. The van der Waals surface area contributed by atoms with Crippen LogP contribution in [0.1, 0.15) is 52.7 Å². The van der Waals surface area contributed by atoms with Crippen molar-refractivity contribution in [3.05, 3.63) is 59.7 Å². The van der Waals surface area contributed by atoms with E-state index in [4.69, 9.17) is 0 Å². The van der Waals surface area contributed by atoms with Crippen LogP contribution in [0.15, 0.2) is 58.5 Å². The summed E-state index contributed by atoms with van der Waals surface area (Å²) in [5.41, 5.74) is 1.33. The quantitative estimate of drug-likeness (QED) is 0.519. The van der Waals surface area contributed by atoms with Crippen LogP contribution in [0, 0.1) is 0 Å². The molecule has 0 amide bonds. The van der Waals surface area contributed by atoms with Crippen LogP contribution in [0.25, 0.3) is 0 Å². The Labute approximate surface area is 173 Å². The topological polar surface area (TPSA) is 65.2 Å². The summed E-state index contributed by atoms with van der Waals surface area (Å²) in [6.07, 6.45) is 3.41. The first-order valence-electron chi connectivity index (χ1n) is 8.64. The number of para-hydroxylation sites is 2. The third-order valence-corrected chi connectivity index (χ3v) is 3.06. The number of aliphatic imine (C=N–C) groups is 2. The molecule has 27 heavy (non-hydrogen) atoms. The summed E-state index contributed by atoms with van der Waals surface area (Å²) < 4.78 is 0. The molecule has 2 N–H and O–H groups in total. The van der Waals surface area contributed by atoms with Crippen LogP contribution in [0.2, 0.25) is 0 Å². The van der Waals surface area contributed by atoms with Gasteiger partial charge in [0.25, 0.3) is 0 Å². The molecule has 2 rings (SSSR count). The molecule has 0 unspecified atom stereocenters. The van der Waals surface area contributed by atoms with E-state index in [1.54, 1.807) is 36.7 Å². The molecule has 0 atom stereocenters. The van der Waals surface area contributed by atoms with E-state index >= 15 is 0 Å². The zero-order chi connectivity index (χ0) is 19.8. The van der Waals surface area contributed by atoms with Crippen molar-refractivity contribution in [1.82, 2.24) is 0 Å². The summed E-state index contributed by atoms with van der Waals surface area (Å²) in [6.45, 7) is 12.1. The number of rotatable bonds is 2. The number of phenols is 2. The molecule has 0 heterocycles. The largest absolute Gasteiger partial charge is 0.507 e. The average Bonchev–Trinajstić information content (AvgIpc) is 2.52. The van der Waals surface area contributed by atoms with Crippen LogP contribution in [0.3, 0.4) is 0 Å². The molecule has 2 aromatic rings. The van der Waals surface area contributed by atoms with Crippen LogP contribution in [0.5, 0.6) is 11.5 Å². The van der Waals surface area contributed by atoms with Gasteiger partial charge in [-0.2, -0.15) is 0 Å². The second-order valence-corrected chi connectivity index (χ2v) is 7.98. The Kier molecular flexibility index (Phi) is 10.1. The van der Waals surface area contributed by atoms with Gasteiger partial charge < -0.3 is 10.2 Å². The smallest absolute Gasteiger partial charge is 0.124 e. The number of aromatic hydroxyl groups is 2. The molecule has 151 valence electrons. The third-order valence-electron chi connectivity index (χ3n) is 3.06. The molecule has 0 aromatic heterocycles. The van der Waals surface area contributed by atoms with Crippen LogP contribution in [-0.2, 0) is 17.1 Å². The van der Waals surface area contributed by atoms with Gasteiger partial charge in [-0.1, -0.05) is 24.3 Å². The second kappa shape index (κ2) is 10.9. The maximum Gasteiger partial charge on any atom is 0.124 e. The number of benzene rings is 2.